The molecule has 1 aromatic rings. The summed E-state index contributed by atoms with van der Waals surface area (Å²) in [5, 5.41) is 3.64. The normalized spacial score (nSPS) is 23.2. The number of nitrogens with zero attached hydrogens (tertiary/aromatic N) is 1. The Kier molecular flexibility index (Phi) is 5.86. The number of hydrogen-bond acceptors (Lipinski definition) is 2. The molecule has 106 valence electrons. The van der Waals surface area contributed by atoms with Gasteiger partial charge in [-0.25, -0.2) is 0 Å². The molecule has 2 unspecified atom stereocenters. The fourth-order valence-electron chi connectivity index (χ4n) is 3.17. The lowest BCUT2D eigenvalue weighted by Crippen LogP contribution is -2.38. The van der Waals surface area contributed by atoms with E-state index < -0.39 is 0 Å². The summed E-state index contributed by atoms with van der Waals surface area (Å²) in [4.78, 5) is 2.46. The van der Waals surface area contributed by atoms with Crippen molar-refractivity contribution in [3.63, 3.8) is 0 Å². The van der Waals surface area contributed by atoms with Gasteiger partial charge in [-0.2, -0.15) is 0 Å². The van der Waals surface area contributed by atoms with E-state index in [1.54, 1.807) is 0 Å². The molecule has 0 amide bonds. The van der Waals surface area contributed by atoms with Crippen LogP contribution in [0.1, 0.15) is 31.7 Å². The third-order valence-corrected chi connectivity index (χ3v) is 4.84. The predicted octanol–water partition coefficient (Wildman–Crippen LogP) is 3.66. The average molecular weight is 325 g/mol. The van der Waals surface area contributed by atoms with Crippen LogP contribution < -0.4 is 5.32 Å². The first-order chi connectivity index (χ1) is 9.20. The second kappa shape index (κ2) is 7.41. The van der Waals surface area contributed by atoms with E-state index in [1.807, 2.05) is 0 Å². The summed E-state index contributed by atoms with van der Waals surface area (Å²) in [5.41, 5.74) is 1.38. The van der Waals surface area contributed by atoms with Crippen molar-refractivity contribution in [2.24, 2.45) is 5.92 Å². The van der Waals surface area contributed by atoms with Gasteiger partial charge >= 0.3 is 0 Å². The van der Waals surface area contributed by atoms with Gasteiger partial charge in [-0.1, -0.05) is 47.5 Å². The van der Waals surface area contributed by atoms with Gasteiger partial charge in [-0.05, 0) is 44.0 Å². The van der Waals surface area contributed by atoms with Crippen molar-refractivity contribution in [2.45, 2.75) is 38.8 Å². The van der Waals surface area contributed by atoms with Crippen LogP contribution in [0.5, 0.6) is 0 Å². The Morgan fingerprint density at radius 2 is 2.11 bits per heavy atom. The molecule has 1 fully saturated rings. The summed E-state index contributed by atoms with van der Waals surface area (Å²) in [6.45, 7) is 5.52. The van der Waals surface area contributed by atoms with E-state index in [2.05, 4.69) is 64.4 Å². The quantitative estimate of drug-likeness (QED) is 0.859. The maximum absolute atomic E-state index is 3.64. The van der Waals surface area contributed by atoms with Gasteiger partial charge in [0.05, 0.1) is 0 Å². The molecule has 0 bridgehead atoms. The highest BCUT2D eigenvalue weighted by atomic mass is 79.9. The number of halogens is 1. The second-order valence-corrected chi connectivity index (χ2v) is 6.50. The van der Waals surface area contributed by atoms with Crippen LogP contribution in [0.3, 0.4) is 0 Å². The van der Waals surface area contributed by atoms with Crippen molar-refractivity contribution in [3.8, 4) is 0 Å². The minimum Gasteiger partial charge on any atom is -0.314 e. The van der Waals surface area contributed by atoms with Gasteiger partial charge in [0.15, 0.2) is 0 Å². The van der Waals surface area contributed by atoms with Gasteiger partial charge in [-0.3, -0.25) is 0 Å². The van der Waals surface area contributed by atoms with Crippen LogP contribution in [-0.4, -0.2) is 31.1 Å². The van der Waals surface area contributed by atoms with Crippen LogP contribution in [0.2, 0.25) is 0 Å². The lowest BCUT2D eigenvalue weighted by molar-refractivity contribution is 0.245. The molecule has 2 nitrogen and oxygen atoms in total. The Hall–Kier alpha value is -0.380. The third-order valence-electron chi connectivity index (χ3n) is 4.07. The molecule has 1 N–H and O–H groups in total. The number of nitrogens with one attached hydrogen (secondary N) is 1. The summed E-state index contributed by atoms with van der Waals surface area (Å²) in [7, 11) is 2.24. The molecule has 0 aliphatic heterocycles. The maximum atomic E-state index is 3.64. The van der Waals surface area contributed by atoms with E-state index in [-0.39, 0.29) is 0 Å². The van der Waals surface area contributed by atoms with Crippen LogP contribution in [0.25, 0.3) is 0 Å². The Morgan fingerprint density at radius 1 is 1.32 bits per heavy atom. The SMILES string of the molecule is CCNC1CCCC1CN(C)Cc1ccccc1Br. The molecule has 1 aliphatic rings. The van der Waals surface area contributed by atoms with Crippen molar-refractivity contribution < 1.29 is 0 Å². The van der Waals surface area contributed by atoms with Gasteiger partial charge < -0.3 is 10.2 Å². The minimum atomic E-state index is 0.728. The molecule has 2 rings (SSSR count). The van der Waals surface area contributed by atoms with E-state index in [4.69, 9.17) is 0 Å². The summed E-state index contributed by atoms with van der Waals surface area (Å²) < 4.78 is 1.22. The van der Waals surface area contributed by atoms with Crippen LogP contribution in [0.4, 0.5) is 0 Å². The maximum Gasteiger partial charge on any atom is 0.0242 e. The first-order valence-electron chi connectivity index (χ1n) is 7.36. The average Bonchev–Trinajstić information content (AvgIpc) is 2.80. The molecule has 1 aliphatic carbocycles. The van der Waals surface area contributed by atoms with Crippen LogP contribution in [-0.2, 0) is 6.54 Å². The minimum absolute atomic E-state index is 0.728. The second-order valence-electron chi connectivity index (χ2n) is 5.64. The highest BCUT2D eigenvalue weighted by Crippen LogP contribution is 2.27. The molecule has 2 atom stereocenters. The number of rotatable bonds is 6. The molecule has 3 heteroatoms. The lowest BCUT2D eigenvalue weighted by atomic mass is 10.0. The molecular formula is C16H25BrN2. The van der Waals surface area contributed by atoms with Gasteiger partial charge in [0, 0.05) is 23.6 Å². The van der Waals surface area contributed by atoms with Gasteiger partial charge in [0.2, 0.25) is 0 Å². The first kappa shape index (κ1) is 15.0. The van der Waals surface area contributed by atoms with E-state index in [0.717, 1.165) is 25.0 Å². The van der Waals surface area contributed by atoms with Gasteiger partial charge in [0.25, 0.3) is 0 Å². The van der Waals surface area contributed by atoms with E-state index in [1.165, 1.54) is 35.8 Å². The van der Waals surface area contributed by atoms with Gasteiger partial charge in [0.1, 0.15) is 0 Å². The van der Waals surface area contributed by atoms with Crippen LogP contribution in [0.15, 0.2) is 28.7 Å². The van der Waals surface area contributed by atoms with Crippen molar-refractivity contribution in [1.29, 1.82) is 0 Å². The van der Waals surface area contributed by atoms with Crippen LogP contribution >= 0.6 is 15.9 Å². The molecular weight excluding hydrogens is 300 g/mol. The summed E-state index contributed by atoms with van der Waals surface area (Å²) in [5.74, 6) is 0.812. The third kappa shape index (κ3) is 4.30. The lowest BCUT2D eigenvalue weighted by Gasteiger charge is -2.26. The molecule has 1 aromatic carbocycles. The largest absolute Gasteiger partial charge is 0.314 e. The first-order valence-corrected chi connectivity index (χ1v) is 8.15. The smallest absolute Gasteiger partial charge is 0.0242 e. The van der Waals surface area contributed by atoms with Crippen molar-refractivity contribution in [1.82, 2.24) is 10.2 Å². The Morgan fingerprint density at radius 3 is 2.84 bits per heavy atom. The molecule has 0 radical (unpaired) electrons. The standard InChI is InChI=1S/C16H25BrN2/c1-3-18-16-10-6-8-14(16)12-19(2)11-13-7-4-5-9-15(13)17/h4-5,7,9,14,16,18H,3,6,8,10-12H2,1-2H3. The zero-order valence-electron chi connectivity index (χ0n) is 12.0. The molecule has 19 heavy (non-hydrogen) atoms. The fourth-order valence-corrected chi connectivity index (χ4v) is 3.58. The number of hydrogen-bond donors (Lipinski definition) is 1. The summed E-state index contributed by atoms with van der Waals surface area (Å²) in [6, 6.07) is 9.25. The Labute approximate surface area is 125 Å². The topological polar surface area (TPSA) is 15.3 Å². The Balaban J connectivity index is 1.87. The highest BCUT2D eigenvalue weighted by molar-refractivity contribution is 9.10. The zero-order chi connectivity index (χ0) is 13.7. The van der Waals surface area contributed by atoms with Crippen LogP contribution in [0, 0.1) is 5.92 Å². The Bertz CT molecular complexity index is 394. The van der Waals surface area contributed by atoms with E-state index in [0.29, 0.717) is 0 Å². The molecule has 0 aromatic heterocycles. The highest BCUT2D eigenvalue weighted by Gasteiger charge is 2.27. The molecule has 0 saturated heterocycles. The fraction of sp³-hybridized carbons (Fsp3) is 0.625. The van der Waals surface area contributed by atoms with Crippen molar-refractivity contribution in [3.05, 3.63) is 34.3 Å². The summed E-state index contributed by atoms with van der Waals surface area (Å²) in [6.07, 6.45) is 4.10. The number of benzene rings is 1. The van der Waals surface area contributed by atoms with E-state index >= 15 is 0 Å². The van der Waals surface area contributed by atoms with Crippen molar-refractivity contribution in [2.75, 3.05) is 20.1 Å². The van der Waals surface area contributed by atoms with Gasteiger partial charge in [-0.15, -0.1) is 0 Å². The molecule has 0 spiro atoms. The molecule has 1 saturated carbocycles. The monoisotopic (exact) mass is 324 g/mol. The zero-order valence-corrected chi connectivity index (χ0v) is 13.6. The molecule has 0 heterocycles. The van der Waals surface area contributed by atoms with E-state index in [9.17, 15) is 0 Å². The summed E-state index contributed by atoms with van der Waals surface area (Å²) >= 11 is 3.64. The predicted molar refractivity (Wildman–Crippen MR) is 85.3 cm³/mol. The van der Waals surface area contributed by atoms with Crippen molar-refractivity contribution >= 4 is 15.9 Å².